The number of carboxylic acid groups (broad SMARTS) is 1. The topological polar surface area (TPSA) is 66.4 Å². The highest BCUT2D eigenvalue weighted by Crippen LogP contribution is 2.24. The summed E-state index contributed by atoms with van der Waals surface area (Å²) in [7, 11) is -1.26. The van der Waals surface area contributed by atoms with Gasteiger partial charge in [0.15, 0.2) is 0 Å². The van der Waals surface area contributed by atoms with E-state index >= 15 is 0 Å². The molecule has 4 nitrogen and oxygen atoms in total. The van der Waals surface area contributed by atoms with Crippen LogP contribution in [0.5, 0.6) is 0 Å². The molecule has 0 spiro atoms. The van der Waals surface area contributed by atoms with Crippen molar-refractivity contribution in [2.45, 2.75) is 12.1 Å². The molecule has 1 aromatic rings. The lowest BCUT2D eigenvalue weighted by Crippen LogP contribution is -2.49. The van der Waals surface area contributed by atoms with Gasteiger partial charge in [-0.3, -0.25) is 14.3 Å². The fourth-order valence-electron chi connectivity index (χ4n) is 1.89. The van der Waals surface area contributed by atoms with Gasteiger partial charge in [0.25, 0.3) is 0 Å². The maximum atomic E-state index is 13.8. The van der Waals surface area contributed by atoms with Crippen LogP contribution >= 0.6 is 15.9 Å². The Morgan fingerprint density at radius 3 is 2.83 bits per heavy atom. The SMILES string of the molecule is O=C(O)C1CS(=O)CC(c2ccc(Br)cc2F)N1. The highest BCUT2D eigenvalue weighted by molar-refractivity contribution is 9.10. The third-order valence-electron chi connectivity index (χ3n) is 2.74. The van der Waals surface area contributed by atoms with E-state index in [1.807, 2.05) is 0 Å². The first-order valence-corrected chi connectivity index (χ1v) is 7.54. The Balaban J connectivity index is 2.26. The summed E-state index contributed by atoms with van der Waals surface area (Å²) in [5, 5.41) is 11.7. The Morgan fingerprint density at radius 1 is 1.50 bits per heavy atom. The van der Waals surface area contributed by atoms with Gasteiger partial charge in [-0.2, -0.15) is 0 Å². The number of hydrogen-bond donors (Lipinski definition) is 2. The number of benzene rings is 1. The molecule has 2 rings (SSSR count). The standard InChI is InChI=1S/C11H11BrFNO3S/c12-6-1-2-7(8(13)3-6)9-4-18(17)5-10(14-9)11(15)16/h1-3,9-10,14H,4-5H2,(H,15,16). The number of hydrogen-bond acceptors (Lipinski definition) is 3. The zero-order valence-corrected chi connectivity index (χ0v) is 11.6. The number of carboxylic acids is 1. The molecular formula is C11H11BrFNO3S. The summed E-state index contributed by atoms with van der Waals surface area (Å²) >= 11 is 3.15. The second-order valence-electron chi connectivity index (χ2n) is 4.05. The van der Waals surface area contributed by atoms with E-state index in [4.69, 9.17) is 5.11 Å². The molecule has 1 saturated heterocycles. The Morgan fingerprint density at radius 2 is 2.22 bits per heavy atom. The number of halogens is 2. The van der Waals surface area contributed by atoms with E-state index in [2.05, 4.69) is 21.2 Å². The first-order chi connectivity index (χ1) is 8.47. The Labute approximate surface area is 114 Å². The van der Waals surface area contributed by atoms with Crippen molar-refractivity contribution in [1.82, 2.24) is 5.32 Å². The molecule has 1 aliphatic heterocycles. The van der Waals surface area contributed by atoms with Gasteiger partial charge in [0, 0.05) is 38.4 Å². The van der Waals surface area contributed by atoms with Gasteiger partial charge in [-0.1, -0.05) is 22.0 Å². The smallest absolute Gasteiger partial charge is 0.321 e. The van der Waals surface area contributed by atoms with Gasteiger partial charge in [0.05, 0.1) is 0 Å². The zero-order chi connectivity index (χ0) is 13.3. The molecule has 0 saturated carbocycles. The maximum absolute atomic E-state index is 13.8. The van der Waals surface area contributed by atoms with E-state index in [9.17, 15) is 13.4 Å². The fraction of sp³-hybridized carbons (Fsp3) is 0.364. The summed E-state index contributed by atoms with van der Waals surface area (Å²) in [6.07, 6.45) is 0. The van der Waals surface area contributed by atoms with E-state index < -0.39 is 34.7 Å². The van der Waals surface area contributed by atoms with Crippen LogP contribution in [0.15, 0.2) is 22.7 Å². The minimum atomic E-state index is -1.26. The molecule has 1 aromatic carbocycles. The van der Waals surface area contributed by atoms with Gasteiger partial charge < -0.3 is 5.11 Å². The van der Waals surface area contributed by atoms with E-state index in [1.165, 1.54) is 6.07 Å². The molecule has 0 aromatic heterocycles. The predicted molar refractivity (Wildman–Crippen MR) is 69.3 cm³/mol. The predicted octanol–water partition coefficient (Wildman–Crippen LogP) is 1.43. The summed E-state index contributed by atoms with van der Waals surface area (Å²) < 4.78 is 26.0. The van der Waals surface area contributed by atoms with Crippen LogP contribution in [-0.4, -0.2) is 32.8 Å². The summed E-state index contributed by atoms with van der Waals surface area (Å²) in [5.74, 6) is -1.22. The zero-order valence-electron chi connectivity index (χ0n) is 9.23. The van der Waals surface area contributed by atoms with Crippen molar-refractivity contribution < 1.29 is 18.5 Å². The Hall–Kier alpha value is -0.790. The highest BCUT2D eigenvalue weighted by Gasteiger charge is 2.32. The summed E-state index contributed by atoms with van der Waals surface area (Å²) in [6, 6.07) is 3.12. The van der Waals surface area contributed by atoms with E-state index in [0.29, 0.717) is 10.0 Å². The van der Waals surface area contributed by atoms with Crippen molar-refractivity contribution in [2.24, 2.45) is 0 Å². The first-order valence-electron chi connectivity index (χ1n) is 5.26. The average Bonchev–Trinajstić information content (AvgIpc) is 2.27. The second-order valence-corrected chi connectivity index (χ2v) is 6.51. The number of aliphatic carboxylic acids is 1. The summed E-state index contributed by atoms with van der Waals surface area (Å²) in [6.45, 7) is 0. The molecule has 3 atom stereocenters. The van der Waals surface area contributed by atoms with Crippen LogP contribution in [0, 0.1) is 5.82 Å². The summed E-state index contributed by atoms with van der Waals surface area (Å²) in [4.78, 5) is 10.9. The van der Waals surface area contributed by atoms with Gasteiger partial charge in [-0.25, -0.2) is 4.39 Å². The van der Waals surface area contributed by atoms with Gasteiger partial charge in [-0.05, 0) is 12.1 Å². The maximum Gasteiger partial charge on any atom is 0.321 e. The minimum Gasteiger partial charge on any atom is -0.480 e. The molecule has 98 valence electrons. The fourth-order valence-corrected chi connectivity index (χ4v) is 3.61. The van der Waals surface area contributed by atoms with Gasteiger partial charge in [-0.15, -0.1) is 0 Å². The van der Waals surface area contributed by atoms with Crippen LogP contribution < -0.4 is 5.32 Å². The van der Waals surface area contributed by atoms with Crippen molar-refractivity contribution in [3.8, 4) is 0 Å². The van der Waals surface area contributed by atoms with Crippen LogP contribution in [-0.2, 0) is 15.6 Å². The van der Waals surface area contributed by atoms with Crippen LogP contribution in [0.1, 0.15) is 11.6 Å². The van der Waals surface area contributed by atoms with Crippen LogP contribution in [0.3, 0.4) is 0 Å². The normalized spacial score (nSPS) is 28.0. The van der Waals surface area contributed by atoms with E-state index in [0.717, 1.165) is 0 Å². The lowest BCUT2D eigenvalue weighted by Gasteiger charge is -2.28. The van der Waals surface area contributed by atoms with Crippen molar-refractivity contribution in [3.63, 3.8) is 0 Å². The lowest BCUT2D eigenvalue weighted by molar-refractivity contribution is -0.139. The minimum absolute atomic E-state index is 0.0595. The van der Waals surface area contributed by atoms with E-state index in [-0.39, 0.29) is 11.5 Å². The second kappa shape index (κ2) is 5.46. The van der Waals surface area contributed by atoms with Crippen LogP contribution in [0.25, 0.3) is 0 Å². The monoisotopic (exact) mass is 335 g/mol. The molecule has 1 aliphatic rings. The molecule has 0 bridgehead atoms. The van der Waals surface area contributed by atoms with Crippen LogP contribution in [0.4, 0.5) is 4.39 Å². The first kappa shape index (κ1) is 13.6. The van der Waals surface area contributed by atoms with Gasteiger partial charge in [0.2, 0.25) is 0 Å². The molecule has 18 heavy (non-hydrogen) atoms. The van der Waals surface area contributed by atoms with Crippen molar-refractivity contribution in [1.29, 1.82) is 0 Å². The number of rotatable bonds is 2. The van der Waals surface area contributed by atoms with Crippen molar-refractivity contribution in [2.75, 3.05) is 11.5 Å². The Kier molecular flexibility index (Phi) is 4.14. The van der Waals surface area contributed by atoms with Crippen molar-refractivity contribution in [3.05, 3.63) is 34.1 Å². The third-order valence-corrected chi connectivity index (χ3v) is 4.65. The Bertz CT molecular complexity index is 511. The molecule has 1 heterocycles. The molecule has 0 amide bonds. The lowest BCUT2D eigenvalue weighted by atomic mass is 10.1. The van der Waals surface area contributed by atoms with Crippen molar-refractivity contribution >= 4 is 32.7 Å². The molecule has 1 fully saturated rings. The molecule has 0 aliphatic carbocycles. The quantitative estimate of drug-likeness (QED) is 0.858. The number of carbonyl (C=O) groups is 1. The molecule has 7 heteroatoms. The summed E-state index contributed by atoms with van der Waals surface area (Å²) in [5.41, 5.74) is 0.345. The van der Waals surface area contributed by atoms with E-state index in [1.54, 1.807) is 12.1 Å². The largest absolute Gasteiger partial charge is 0.480 e. The molecule has 0 radical (unpaired) electrons. The third kappa shape index (κ3) is 2.96. The van der Waals surface area contributed by atoms with Gasteiger partial charge >= 0.3 is 5.97 Å². The van der Waals surface area contributed by atoms with Crippen LogP contribution in [0.2, 0.25) is 0 Å². The molecule has 2 N–H and O–H groups in total. The molecule has 3 unspecified atom stereocenters. The average molecular weight is 336 g/mol. The highest BCUT2D eigenvalue weighted by atomic mass is 79.9. The number of nitrogens with one attached hydrogen (secondary N) is 1. The van der Waals surface area contributed by atoms with Gasteiger partial charge in [0.1, 0.15) is 11.9 Å². The molecular weight excluding hydrogens is 325 g/mol.